The summed E-state index contributed by atoms with van der Waals surface area (Å²) in [6.45, 7) is 0.0671. The number of rotatable bonds is 4. The number of ether oxygens (including phenoxy) is 1. The van der Waals surface area contributed by atoms with Crippen LogP contribution in [0.5, 0.6) is 0 Å². The molecule has 4 nitrogen and oxygen atoms in total. The summed E-state index contributed by atoms with van der Waals surface area (Å²) in [4.78, 5) is 15.7. The molecule has 0 spiro atoms. The first kappa shape index (κ1) is 16.8. The second-order valence-corrected chi connectivity index (χ2v) is 5.17. The molecule has 0 bridgehead atoms. The van der Waals surface area contributed by atoms with Gasteiger partial charge in [0.05, 0.1) is 11.8 Å². The molecule has 0 radical (unpaired) electrons. The molecule has 0 aliphatic rings. The number of hydrogen-bond donors (Lipinski definition) is 0. The first-order valence-electron chi connectivity index (χ1n) is 7.28. The van der Waals surface area contributed by atoms with E-state index in [9.17, 15) is 18.0 Å². The van der Waals surface area contributed by atoms with Crippen LogP contribution in [0.2, 0.25) is 0 Å². The molecule has 7 heteroatoms. The number of nitrogens with zero attached hydrogens (tertiary/aromatic N) is 1. The molecule has 0 saturated carbocycles. The van der Waals surface area contributed by atoms with E-state index in [0.29, 0.717) is 5.56 Å². The molecule has 25 heavy (non-hydrogen) atoms. The van der Waals surface area contributed by atoms with Gasteiger partial charge in [-0.1, -0.05) is 42.5 Å². The molecule has 0 amide bonds. The van der Waals surface area contributed by atoms with E-state index in [1.54, 1.807) is 12.1 Å². The predicted molar refractivity (Wildman–Crippen MR) is 82.5 cm³/mol. The zero-order chi connectivity index (χ0) is 17.9. The zero-order valence-electron chi connectivity index (χ0n) is 12.8. The van der Waals surface area contributed by atoms with Crippen LogP contribution in [-0.4, -0.2) is 11.0 Å². The Morgan fingerprint density at radius 3 is 2.36 bits per heavy atom. The highest BCUT2D eigenvalue weighted by Crippen LogP contribution is 2.31. The average Bonchev–Trinajstić information content (AvgIpc) is 3.10. The minimum Gasteiger partial charge on any atom is -0.454 e. The third-order valence-electron chi connectivity index (χ3n) is 3.39. The standard InChI is InChI=1S/C18H12F3NO3/c19-18(20,21)14-8-6-13(7-9-14)15-10-22-16(25-15)17(23)24-11-12-4-2-1-3-5-12/h1-10H,11H2. The van der Waals surface area contributed by atoms with Crippen molar-refractivity contribution in [2.45, 2.75) is 12.8 Å². The summed E-state index contributed by atoms with van der Waals surface area (Å²) in [6.07, 6.45) is -3.14. The van der Waals surface area contributed by atoms with E-state index in [1.807, 2.05) is 18.2 Å². The van der Waals surface area contributed by atoms with E-state index in [-0.39, 0.29) is 18.3 Å². The monoisotopic (exact) mass is 347 g/mol. The van der Waals surface area contributed by atoms with Crippen molar-refractivity contribution < 1.29 is 27.1 Å². The number of oxazole rings is 1. The smallest absolute Gasteiger partial charge is 0.416 e. The predicted octanol–water partition coefficient (Wildman–Crippen LogP) is 4.72. The molecule has 0 N–H and O–H groups in total. The Bertz CT molecular complexity index is 855. The number of halogens is 3. The summed E-state index contributed by atoms with van der Waals surface area (Å²) in [5.41, 5.74) is 0.422. The SMILES string of the molecule is O=C(OCc1ccccc1)c1ncc(-c2ccc(C(F)(F)F)cc2)o1. The van der Waals surface area contributed by atoms with Gasteiger partial charge in [-0.2, -0.15) is 13.2 Å². The van der Waals surface area contributed by atoms with Crippen molar-refractivity contribution in [2.24, 2.45) is 0 Å². The quantitative estimate of drug-likeness (QED) is 0.641. The topological polar surface area (TPSA) is 52.3 Å². The number of esters is 1. The number of alkyl halides is 3. The van der Waals surface area contributed by atoms with Gasteiger partial charge in [0.1, 0.15) is 6.61 Å². The lowest BCUT2D eigenvalue weighted by Gasteiger charge is -2.06. The molecule has 0 aliphatic heterocycles. The second kappa shape index (κ2) is 6.80. The fourth-order valence-corrected chi connectivity index (χ4v) is 2.11. The Balaban J connectivity index is 1.68. The van der Waals surface area contributed by atoms with E-state index >= 15 is 0 Å². The maximum atomic E-state index is 12.6. The lowest BCUT2D eigenvalue weighted by atomic mass is 10.1. The third-order valence-corrected chi connectivity index (χ3v) is 3.39. The largest absolute Gasteiger partial charge is 0.454 e. The molecular formula is C18H12F3NO3. The van der Waals surface area contributed by atoms with Gasteiger partial charge in [-0.25, -0.2) is 9.78 Å². The Morgan fingerprint density at radius 2 is 1.72 bits per heavy atom. The second-order valence-electron chi connectivity index (χ2n) is 5.17. The summed E-state index contributed by atoms with van der Waals surface area (Å²) < 4.78 is 48.0. The highest BCUT2D eigenvalue weighted by Gasteiger charge is 2.30. The Kier molecular flexibility index (Phi) is 4.56. The van der Waals surface area contributed by atoms with Gasteiger partial charge < -0.3 is 9.15 Å². The van der Waals surface area contributed by atoms with Gasteiger partial charge in [-0.3, -0.25) is 0 Å². The Morgan fingerprint density at radius 1 is 1.04 bits per heavy atom. The lowest BCUT2D eigenvalue weighted by molar-refractivity contribution is -0.137. The Hall–Kier alpha value is -3.09. The summed E-state index contributed by atoms with van der Waals surface area (Å²) in [7, 11) is 0. The normalized spacial score (nSPS) is 11.3. The minimum atomic E-state index is -4.41. The van der Waals surface area contributed by atoms with Crippen molar-refractivity contribution >= 4 is 5.97 Å². The van der Waals surface area contributed by atoms with Crippen molar-refractivity contribution in [2.75, 3.05) is 0 Å². The van der Waals surface area contributed by atoms with E-state index in [1.165, 1.54) is 18.3 Å². The maximum absolute atomic E-state index is 12.6. The van der Waals surface area contributed by atoms with Gasteiger partial charge in [-0.15, -0.1) is 0 Å². The van der Waals surface area contributed by atoms with Crippen LogP contribution in [-0.2, 0) is 17.5 Å². The molecule has 0 unspecified atom stereocenters. The van der Waals surface area contributed by atoms with Crippen LogP contribution in [0.4, 0.5) is 13.2 Å². The maximum Gasteiger partial charge on any atom is 0.416 e. The van der Waals surface area contributed by atoms with Gasteiger partial charge in [0.25, 0.3) is 0 Å². The van der Waals surface area contributed by atoms with Gasteiger partial charge in [0.2, 0.25) is 0 Å². The van der Waals surface area contributed by atoms with Crippen LogP contribution in [0.15, 0.2) is 65.2 Å². The molecule has 0 fully saturated rings. The van der Waals surface area contributed by atoms with E-state index in [0.717, 1.165) is 17.7 Å². The van der Waals surface area contributed by atoms with Gasteiger partial charge >= 0.3 is 18.0 Å². The van der Waals surface area contributed by atoms with Crippen molar-refractivity contribution in [3.05, 3.63) is 77.8 Å². The van der Waals surface area contributed by atoms with Crippen molar-refractivity contribution in [3.63, 3.8) is 0 Å². The van der Waals surface area contributed by atoms with E-state index in [2.05, 4.69) is 4.98 Å². The lowest BCUT2D eigenvalue weighted by Crippen LogP contribution is -2.05. The van der Waals surface area contributed by atoms with Crippen LogP contribution < -0.4 is 0 Å². The summed E-state index contributed by atoms with van der Waals surface area (Å²) >= 11 is 0. The summed E-state index contributed by atoms with van der Waals surface area (Å²) in [5, 5.41) is 0. The van der Waals surface area contributed by atoms with Crippen LogP contribution in [0.1, 0.15) is 21.8 Å². The molecule has 0 saturated heterocycles. The molecule has 0 atom stereocenters. The fourth-order valence-electron chi connectivity index (χ4n) is 2.11. The first-order chi connectivity index (χ1) is 11.9. The van der Waals surface area contributed by atoms with Gasteiger partial charge in [0.15, 0.2) is 5.76 Å². The minimum absolute atomic E-state index is 0.0671. The Labute approximate surface area is 140 Å². The summed E-state index contributed by atoms with van der Waals surface area (Å²) in [6, 6.07) is 13.5. The molecule has 0 aliphatic carbocycles. The molecule has 2 aromatic carbocycles. The highest BCUT2D eigenvalue weighted by atomic mass is 19.4. The molecule has 128 valence electrons. The average molecular weight is 347 g/mol. The van der Waals surface area contributed by atoms with Crippen LogP contribution >= 0.6 is 0 Å². The van der Waals surface area contributed by atoms with E-state index < -0.39 is 17.7 Å². The van der Waals surface area contributed by atoms with Crippen molar-refractivity contribution in [1.82, 2.24) is 4.98 Å². The number of carbonyl (C=O) groups is 1. The molecule has 1 aromatic heterocycles. The molecule has 1 heterocycles. The van der Waals surface area contributed by atoms with Crippen LogP contribution in [0.3, 0.4) is 0 Å². The molecule has 3 rings (SSSR count). The van der Waals surface area contributed by atoms with Crippen LogP contribution in [0.25, 0.3) is 11.3 Å². The first-order valence-corrected chi connectivity index (χ1v) is 7.28. The van der Waals surface area contributed by atoms with Crippen LogP contribution in [0, 0.1) is 0 Å². The van der Waals surface area contributed by atoms with E-state index in [4.69, 9.17) is 9.15 Å². The number of aromatic nitrogens is 1. The molecular weight excluding hydrogens is 335 g/mol. The number of benzene rings is 2. The molecule has 3 aromatic rings. The number of carbonyl (C=O) groups excluding carboxylic acids is 1. The van der Waals surface area contributed by atoms with Crippen molar-refractivity contribution in [1.29, 1.82) is 0 Å². The third kappa shape index (κ3) is 4.06. The van der Waals surface area contributed by atoms with Crippen molar-refractivity contribution in [3.8, 4) is 11.3 Å². The summed E-state index contributed by atoms with van der Waals surface area (Å²) in [5.74, 6) is -0.826. The van der Waals surface area contributed by atoms with Gasteiger partial charge in [-0.05, 0) is 17.7 Å². The fraction of sp³-hybridized carbons (Fsp3) is 0.111. The zero-order valence-corrected chi connectivity index (χ0v) is 12.8. The number of hydrogen-bond acceptors (Lipinski definition) is 4. The highest BCUT2D eigenvalue weighted by molar-refractivity contribution is 5.84. The van der Waals surface area contributed by atoms with Gasteiger partial charge in [0, 0.05) is 5.56 Å².